The number of esters is 1. The zero-order valence-electron chi connectivity index (χ0n) is 27.8. The van der Waals surface area contributed by atoms with Gasteiger partial charge in [-0.2, -0.15) is 0 Å². The lowest BCUT2D eigenvalue weighted by Gasteiger charge is -2.70. The highest BCUT2D eigenvalue weighted by Crippen LogP contribution is 2.80. The molecule has 7 rings (SSSR count). The number of carbonyl (C=O) groups excluding carboxylic acids is 1. The van der Waals surface area contributed by atoms with Gasteiger partial charge in [0.05, 0.1) is 37.6 Å². The Morgan fingerprint density at radius 1 is 0.978 bits per heavy atom. The minimum absolute atomic E-state index is 0.172. The molecule has 1 heterocycles. The van der Waals surface area contributed by atoms with Crippen LogP contribution in [-0.4, -0.2) is 142 Å². The molecule has 15 atom stereocenters. The number of likely N-dealkylation sites (tertiary alicyclic amines) is 1. The Balaban J connectivity index is 1.47. The summed E-state index contributed by atoms with van der Waals surface area (Å²) in [5.41, 5.74) is -4.16. The highest BCUT2D eigenvalue weighted by molar-refractivity contribution is 5.89. The van der Waals surface area contributed by atoms with Crippen LogP contribution in [0, 0.1) is 34.5 Å². The molecule has 6 fully saturated rings. The number of hydrogen-bond acceptors (Lipinski definition) is 12. The maximum atomic E-state index is 13.8. The van der Waals surface area contributed by atoms with E-state index in [2.05, 4.69) is 11.8 Å². The van der Waals surface area contributed by atoms with E-state index in [0.717, 1.165) is 0 Å². The molecule has 6 aliphatic rings. The van der Waals surface area contributed by atoms with Gasteiger partial charge in [-0.25, -0.2) is 4.79 Å². The SMILES string of the molecule is CCN1CC2(COC)C(O)CC(OC)C34C5CC6(O)C(OC)C(O)C(OC)(C5C6OC(=O)c5ccc(OC)cc5)C(C(OC)C23)C14. The first-order chi connectivity index (χ1) is 22.1. The van der Waals surface area contributed by atoms with Crippen LogP contribution in [0.3, 0.4) is 0 Å². The average molecular weight is 648 g/mol. The first kappa shape index (κ1) is 32.7. The average Bonchev–Trinajstić information content (AvgIpc) is 3.43. The number of aliphatic hydroxyl groups is 3. The number of benzene rings is 1. The Kier molecular flexibility index (Phi) is 7.87. The normalized spacial score (nSPS) is 50.0. The molecular weight excluding hydrogens is 598 g/mol. The van der Waals surface area contributed by atoms with Gasteiger partial charge in [0.2, 0.25) is 0 Å². The molecule has 1 aromatic carbocycles. The quantitative estimate of drug-likeness (QED) is 0.308. The number of nitrogens with zero attached hydrogens (tertiary/aromatic N) is 1. The number of piperidine rings is 1. The van der Waals surface area contributed by atoms with E-state index >= 15 is 0 Å². The molecule has 1 saturated heterocycles. The van der Waals surface area contributed by atoms with Crippen LogP contribution in [0.5, 0.6) is 5.75 Å². The number of ether oxygens (including phenoxy) is 7. The fraction of sp³-hybridized carbons (Fsp3) is 0.794. The fourth-order valence-corrected chi connectivity index (χ4v) is 12.4. The standard InChI is InChI=1S/C34H49NO11/c1-8-35-15-31(16-40-2)20(36)13-21(42-4)33-19-14-32(39)28(46-30(38)17-9-11-18(41-3)12-10-17)22(19)34(45-7,27(37)29(32)44-6)23(26(33)35)24(43-5)25(31)33/h9-12,19-29,36-37,39H,8,13-16H2,1-7H3. The largest absolute Gasteiger partial charge is 0.497 e. The van der Waals surface area contributed by atoms with Crippen molar-refractivity contribution in [1.29, 1.82) is 0 Å². The minimum Gasteiger partial charge on any atom is -0.497 e. The number of aliphatic hydroxyl groups excluding tert-OH is 2. The van der Waals surface area contributed by atoms with Gasteiger partial charge in [0.1, 0.15) is 35.3 Å². The summed E-state index contributed by atoms with van der Waals surface area (Å²) in [5.74, 6) is -1.73. The van der Waals surface area contributed by atoms with Crippen LogP contribution in [0.15, 0.2) is 24.3 Å². The molecule has 12 nitrogen and oxygen atoms in total. The van der Waals surface area contributed by atoms with E-state index in [-0.39, 0.29) is 24.3 Å². The molecule has 256 valence electrons. The van der Waals surface area contributed by atoms with Crippen molar-refractivity contribution in [3.8, 4) is 5.75 Å². The molecule has 12 heteroatoms. The maximum Gasteiger partial charge on any atom is 0.338 e. The Bertz CT molecular complexity index is 1330. The van der Waals surface area contributed by atoms with Crippen LogP contribution >= 0.6 is 0 Å². The van der Waals surface area contributed by atoms with Gasteiger partial charge < -0.3 is 48.5 Å². The van der Waals surface area contributed by atoms with E-state index in [1.807, 2.05) is 0 Å². The third kappa shape index (κ3) is 3.58. The number of rotatable bonds is 10. The van der Waals surface area contributed by atoms with Crippen molar-refractivity contribution in [3.05, 3.63) is 29.8 Å². The first-order valence-corrected chi connectivity index (χ1v) is 16.4. The summed E-state index contributed by atoms with van der Waals surface area (Å²) in [4.78, 5) is 16.2. The Morgan fingerprint density at radius 3 is 2.26 bits per heavy atom. The molecule has 0 amide bonds. The van der Waals surface area contributed by atoms with Gasteiger partial charge >= 0.3 is 5.97 Å². The summed E-state index contributed by atoms with van der Waals surface area (Å²) in [6.07, 6.45) is -4.57. The van der Waals surface area contributed by atoms with Gasteiger partial charge in [-0.1, -0.05) is 6.92 Å². The monoisotopic (exact) mass is 647 g/mol. The van der Waals surface area contributed by atoms with Crippen molar-refractivity contribution in [1.82, 2.24) is 4.90 Å². The van der Waals surface area contributed by atoms with E-state index in [0.29, 0.717) is 37.4 Å². The lowest BCUT2D eigenvalue weighted by Crippen LogP contribution is -2.81. The van der Waals surface area contributed by atoms with Crippen LogP contribution in [-0.2, 0) is 28.4 Å². The van der Waals surface area contributed by atoms with Crippen LogP contribution in [0.1, 0.15) is 30.1 Å². The number of methoxy groups -OCH3 is 6. The summed E-state index contributed by atoms with van der Waals surface area (Å²) in [6, 6.07) is 6.43. The topological polar surface area (TPSA) is 146 Å². The predicted octanol–water partition coefficient (Wildman–Crippen LogP) is 0.740. The van der Waals surface area contributed by atoms with Crippen LogP contribution in [0.25, 0.3) is 0 Å². The van der Waals surface area contributed by atoms with E-state index in [9.17, 15) is 20.1 Å². The number of hydrogen-bond donors (Lipinski definition) is 3. The van der Waals surface area contributed by atoms with E-state index < -0.39 is 76.5 Å². The lowest BCUT2D eigenvalue weighted by molar-refractivity contribution is -0.325. The second kappa shape index (κ2) is 11.1. The van der Waals surface area contributed by atoms with E-state index in [1.54, 1.807) is 59.8 Å². The third-order valence-electron chi connectivity index (χ3n) is 13.5. The molecule has 15 unspecified atom stereocenters. The summed E-state index contributed by atoms with van der Waals surface area (Å²) < 4.78 is 43.0. The van der Waals surface area contributed by atoms with Crippen molar-refractivity contribution in [3.63, 3.8) is 0 Å². The predicted molar refractivity (Wildman–Crippen MR) is 162 cm³/mol. The molecule has 5 saturated carbocycles. The van der Waals surface area contributed by atoms with Crippen LogP contribution in [0.4, 0.5) is 0 Å². The van der Waals surface area contributed by atoms with Gasteiger partial charge in [0, 0.05) is 83.1 Å². The van der Waals surface area contributed by atoms with Gasteiger partial charge in [-0.05, 0) is 43.1 Å². The van der Waals surface area contributed by atoms with Crippen molar-refractivity contribution in [2.75, 3.05) is 62.4 Å². The number of fused-ring (bicyclic) bond motifs is 2. The molecule has 5 aliphatic carbocycles. The van der Waals surface area contributed by atoms with Crippen molar-refractivity contribution in [2.24, 2.45) is 34.5 Å². The van der Waals surface area contributed by atoms with E-state index in [1.165, 1.54) is 7.11 Å². The summed E-state index contributed by atoms with van der Waals surface area (Å²) in [5, 5.41) is 37.2. The summed E-state index contributed by atoms with van der Waals surface area (Å²) in [7, 11) is 9.61. The lowest BCUT2D eigenvalue weighted by atomic mass is 9.42. The Hall–Kier alpha value is -1.87. The molecular formula is C34H49NO11. The van der Waals surface area contributed by atoms with Crippen LogP contribution < -0.4 is 4.74 Å². The first-order valence-electron chi connectivity index (χ1n) is 16.4. The summed E-state index contributed by atoms with van der Waals surface area (Å²) >= 11 is 0. The molecule has 0 radical (unpaired) electrons. The zero-order valence-corrected chi connectivity index (χ0v) is 27.8. The summed E-state index contributed by atoms with van der Waals surface area (Å²) in [6.45, 7) is 3.64. The second-order valence-electron chi connectivity index (χ2n) is 14.4. The van der Waals surface area contributed by atoms with Crippen molar-refractivity contribution < 1.29 is 53.3 Å². The van der Waals surface area contributed by atoms with Crippen molar-refractivity contribution in [2.45, 2.75) is 73.6 Å². The molecule has 1 aromatic rings. The van der Waals surface area contributed by atoms with Gasteiger partial charge in [-0.3, -0.25) is 4.90 Å². The molecule has 46 heavy (non-hydrogen) atoms. The molecule has 1 aliphatic heterocycles. The van der Waals surface area contributed by atoms with Crippen molar-refractivity contribution >= 4 is 5.97 Å². The van der Waals surface area contributed by atoms with Crippen LogP contribution in [0.2, 0.25) is 0 Å². The highest BCUT2D eigenvalue weighted by Gasteiger charge is 2.91. The molecule has 1 spiro atoms. The second-order valence-corrected chi connectivity index (χ2v) is 14.4. The minimum atomic E-state index is -1.74. The van der Waals surface area contributed by atoms with Gasteiger partial charge in [0.15, 0.2) is 0 Å². The molecule has 3 N–H and O–H groups in total. The van der Waals surface area contributed by atoms with E-state index in [4.69, 9.17) is 33.2 Å². The van der Waals surface area contributed by atoms with Gasteiger partial charge in [0.25, 0.3) is 0 Å². The smallest absolute Gasteiger partial charge is 0.338 e. The molecule has 7 bridgehead atoms. The third-order valence-corrected chi connectivity index (χ3v) is 13.5. The fourth-order valence-electron chi connectivity index (χ4n) is 12.4. The van der Waals surface area contributed by atoms with Gasteiger partial charge in [-0.15, -0.1) is 0 Å². The zero-order chi connectivity index (χ0) is 33.0. The molecule has 0 aromatic heterocycles. The highest BCUT2D eigenvalue weighted by atomic mass is 16.6. The Labute approximate surface area is 270 Å². The number of carbonyl (C=O) groups is 1. The maximum absolute atomic E-state index is 13.8. The Morgan fingerprint density at radius 2 is 1.70 bits per heavy atom.